The number of benzene rings is 1. The van der Waals surface area contributed by atoms with Gasteiger partial charge in [0.05, 0.1) is 12.0 Å². The van der Waals surface area contributed by atoms with Crippen LogP contribution in [0, 0.1) is 5.82 Å². The van der Waals surface area contributed by atoms with Gasteiger partial charge in [-0.05, 0) is 24.6 Å². The molecule has 6 heteroatoms. The van der Waals surface area contributed by atoms with Crippen molar-refractivity contribution < 1.29 is 19.1 Å². The molecule has 0 saturated carbocycles. The Hall–Kier alpha value is -1.56. The zero-order valence-electron chi connectivity index (χ0n) is 10.0. The summed E-state index contributed by atoms with van der Waals surface area (Å²) in [7, 11) is 0. The highest BCUT2D eigenvalue weighted by Crippen LogP contribution is 2.31. The van der Waals surface area contributed by atoms with E-state index in [0.717, 1.165) is 16.2 Å². The van der Waals surface area contributed by atoms with Crippen molar-refractivity contribution in [2.45, 2.75) is 30.5 Å². The number of carboxylic acids is 1. The van der Waals surface area contributed by atoms with E-state index in [0.29, 0.717) is 0 Å². The van der Waals surface area contributed by atoms with Gasteiger partial charge in [-0.2, -0.15) is 0 Å². The predicted molar refractivity (Wildman–Crippen MR) is 64.2 cm³/mol. The molecule has 1 aromatic carbocycles. The molecule has 4 nitrogen and oxygen atoms in total. The molecule has 2 aliphatic heterocycles. The molecule has 1 atom stereocenters. The van der Waals surface area contributed by atoms with Crippen LogP contribution in [0.4, 0.5) is 4.39 Å². The predicted octanol–water partition coefficient (Wildman–Crippen LogP) is 0.692. The van der Waals surface area contributed by atoms with Gasteiger partial charge in [0.25, 0.3) is 0 Å². The third kappa shape index (κ3) is 4.37. The smallest absolute Gasteiger partial charge is 0.217 e. The summed E-state index contributed by atoms with van der Waals surface area (Å²) in [5, 5.41) is 12.1. The van der Waals surface area contributed by atoms with Crippen LogP contribution in [0.15, 0.2) is 23.1 Å². The van der Waals surface area contributed by atoms with Gasteiger partial charge in [-0.15, -0.1) is 11.8 Å². The lowest BCUT2D eigenvalue weighted by molar-refractivity contribution is -0.307. The number of thioether (sulfide) groups is 1. The van der Waals surface area contributed by atoms with E-state index in [2.05, 4.69) is 5.32 Å². The van der Waals surface area contributed by atoms with Gasteiger partial charge < -0.3 is 15.2 Å². The van der Waals surface area contributed by atoms with E-state index >= 15 is 0 Å². The fourth-order valence-corrected chi connectivity index (χ4v) is 2.14. The van der Waals surface area contributed by atoms with Gasteiger partial charge in [0.1, 0.15) is 5.82 Å². The number of halogens is 1. The van der Waals surface area contributed by atoms with Crippen molar-refractivity contribution in [1.82, 2.24) is 5.32 Å². The average Bonchev–Trinajstić information content (AvgIpc) is 2.30. The Morgan fingerprint density at radius 1 is 1.50 bits per heavy atom. The van der Waals surface area contributed by atoms with Crippen molar-refractivity contribution >= 4 is 23.6 Å². The first-order valence-corrected chi connectivity index (χ1v) is 6.28. The lowest BCUT2D eigenvalue weighted by Crippen LogP contribution is -2.45. The topological polar surface area (TPSA) is 69.2 Å². The van der Waals surface area contributed by atoms with Crippen molar-refractivity contribution in [2.24, 2.45) is 0 Å². The van der Waals surface area contributed by atoms with Crippen LogP contribution in [-0.4, -0.2) is 17.9 Å². The molecule has 98 valence electrons. The molecule has 18 heavy (non-hydrogen) atoms. The summed E-state index contributed by atoms with van der Waals surface area (Å²) in [6.45, 7) is 2.59. The summed E-state index contributed by atoms with van der Waals surface area (Å²) in [4.78, 5) is 20.8. The summed E-state index contributed by atoms with van der Waals surface area (Å²) in [5.41, 5.74) is 1.09. The molecule has 2 aliphatic rings. The number of hydrogen-bond donors (Lipinski definition) is 1. The summed E-state index contributed by atoms with van der Waals surface area (Å²) in [6, 6.07) is 4.50. The number of carboxylic acid groups (broad SMARTS) is 1. The largest absolute Gasteiger partial charge is 0.548 e. The molecule has 2 bridgehead atoms. The zero-order valence-corrected chi connectivity index (χ0v) is 10.8. The molecule has 1 amide bonds. The number of hydrogen-bond acceptors (Lipinski definition) is 4. The average molecular weight is 270 g/mol. The minimum absolute atomic E-state index is 0.0660. The van der Waals surface area contributed by atoms with E-state index in [4.69, 9.17) is 0 Å². The van der Waals surface area contributed by atoms with Gasteiger partial charge in [-0.3, -0.25) is 4.79 Å². The number of amides is 1. The van der Waals surface area contributed by atoms with Gasteiger partial charge >= 0.3 is 0 Å². The molecule has 0 spiro atoms. The van der Waals surface area contributed by atoms with Crippen molar-refractivity contribution in [2.75, 3.05) is 0 Å². The van der Waals surface area contributed by atoms with Gasteiger partial charge in [-0.1, -0.05) is 6.07 Å². The van der Waals surface area contributed by atoms with E-state index in [1.165, 1.54) is 13.8 Å². The van der Waals surface area contributed by atoms with Gasteiger partial charge in [0.2, 0.25) is 5.91 Å². The number of rotatable bonds is 2. The van der Waals surface area contributed by atoms with E-state index < -0.39 is 12.0 Å². The molecule has 1 unspecified atom stereocenters. The molecule has 0 aliphatic carbocycles. The molecule has 2 heterocycles. The maximum atomic E-state index is 12.6. The van der Waals surface area contributed by atoms with Crippen molar-refractivity contribution in [1.29, 1.82) is 0 Å². The third-order valence-electron chi connectivity index (χ3n) is 2.16. The van der Waals surface area contributed by atoms with E-state index in [1.54, 1.807) is 17.8 Å². The number of aliphatic carboxylic acids is 1. The molecule has 0 saturated heterocycles. The Morgan fingerprint density at radius 3 is 2.33 bits per heavy atom. The van der Waals surface area contributed by atoms with E-state index in [-0.39, 0.29) is 11.7 Å². The standard InChI is InChI=1S/C7H5FS.C5H9NO3/c8-6-3-5-1-2-7(6)9-4-5;1-3(5(8)9)6-4(2)7/h1-3H,4H2;3H,1-2H3,(H,6,7)(H,8,9)/p-1. The Kier molecular flexibility index (Phi) is 5.15. The quantitative estimate of drug-likeness (QED) is 0.858. The zero-order chi connectivity index (χ0) is 13.7. The SMILES string of the molecule is CC(=O)NC(C)C(=O)[O-].Fc1cc2ccc1SC2. The molecule has 1 aromatic rings. The van der Waals surface area contributed by atoms with Crippen LogP contribution in [0.2, 0.25) is 0 Å². The molecule has 0 aromatic heterocycles. The van der Waals surface area contributed by atoms with Crippen LogP contribution < -0.4 is 10.4 Å². The Labute approximate surface area is 109 Å². The number of carbonyl (C=O) groups is 2. The van der Waals surface area contributed by atoms with Crippen molar-refractivity contribution in [3.63, 3.8) is 0 Å². The highest BCUT2D eigenvalue weighted by atomic mass is 32.2. The number of fused-ring (bicyclic) bond motifs is 3. The molecule has 3 rings (SSSR count). The first kappa shape index (κ1) is 14.5. The van der Waals surface area contributed by atoms with Gasteiger partial charge in [0, 0.05) is 17.6 Å². The fraction of sp³-hybridized carbons (Fsp3) is 0.333. The lowest BCUT2D eigenvalue weighted by Gasteiger charge is -2.11. The minimum Gasteiger partial charge on any atom is -0.548 e. The van der Waals surface area contributed by atoms with E-state index in [1.807, 2.05) is 12.1 Å². The molecular weight excluding hydrogens is 257 g/mol. The van der Waals surface area contributed by atoms with E-state index in [9.17, 15) is 19.1 Å². The second-order valence-electron chi connectivity index (χ2n) is 3.79. The maximum Gasteiger partial charge on any atom is 0.217 e. The lowest BCUT2D eigenvalue weighted by atomic mass is 10.2. The van der Waals surface area contributed by atoms with Gasteiger partial charge in [0.15, 0.2) is 0 Å². The summed E-state index contributed by atoms with van der Waals surface area (Å²) < 4.78 is 12.6. The minimum atomic E-state index is -1.27. The van der Waals surface area contributed by atoms with Crippen LogP contribution in [0.5, 0.6) is 0 Å². The van der Waals surface area contributed by atoms with Crippen LogP contribution >= 0.6 is 11.8 Å². The molecular formula is C12H13FNO3S-. The number of carbonyl (C=O) groups excluding carboxylic acids is 2. The highest BCUT2D eigenvalue weighted by molar-refractivity contribution is 7.98. The Balaban J connectivity index is 0.000000180. The normalized spacial score (nSPS) is 13.3. The summed E-state index contributed by atoms with van der Waals surface area (Å²) in [5.74, 6) is -0.764. The van der Waals surface area contributed by atoms with Crippen LogP contribution in [0.3, 0.4) is 0 Å². The highest BCUT2D eigenvalue weighted by Gasteiger charge is 2.09. The maximum absolute atomic E-state index is 12.6. The first-order chi connectivity index (χ1) is 8.40. The first-order valence-electron chi connectivity index (χ1n) is 5.29. The van der Waals surface area contributed by atoms with Crippen LogP contribution in [0.25, 0.3) is 0 Å². The Bertz CT molecular complexity index is 465. The summed E-state index contributed by atoms with van der Waals surface area (Å²) in [6.07, 6.45) is 0. The fourth-order valence-electron chi connectivity index (χ4n) is 1.28. The van der Waals surface area contributed by atoms with Gasteiger partial charge in [-0.25, -0.2) is 4.39 Å². The second-order valence-corrected chi connectivity index (χ2v) is 4.81. The van der Waals surface area contributed by atoms with Crippen LogP contribution in [-0.2, 0) is 15.3 Å². The van der Waals surface area contributed by atoms with Crippen molar-refractivity contribution in [3.8, 4) is 0 Å². The third-order valence-corrected chi connectivity index (χ3v) is 3.28. The van der Waals surface area contributed by atoms with Crippen LogP contribution in [0.1, 0.15) is 19.4 Å². The Morgan fingerprint density at radius 2 is 2.17 bits per heavy atom. The van der Waals surface area contributed by atoms with Crippen molar-refractivity contribution in [3.05, 3.63) is 29.6 Å². The molecule has 1 N–H and O–H groups in total. The summed E-state index contributed by atoms with van der Waals surface area (Å²) >= 11 is 1.57. The number of nitrogens with one attached hydrogen (secondary N) is 1. The second kappa shape index (κ2) is 6.39. The monoisotopic (exact) mass is 270 g/mol. The molecule has 0 fully saturated rings. The molecule has 0 radical (unpaired) electrons.